The van der Waals surface area contributed by atoms with Crippen LogP contribution in [0.25, 0.3) is 0 Å². The number of carbonyl (C=O) groups is 1. The van der Waals surface area contributed by atoms with Gasteiger partial charge in [0, 0.05) is 24.9 Å². The number of ether oxygens (including phenoxy) is 1. The molecule has 0 unspecified atom stereocenters. The van der Waals surface area contributed by atoms with Crippen molar-refractivity contribution >= 4 is 17.3 Å². The van der Waals surface area contributed by atoms with E-state index in [4.69, 9.17) is 4.74 Å². The van der Waals surface area contributed by atoms with E-state index in [9.17, 15) is 14.9 Å². The lowest BCUT2D eigenvalue weighted by Gasteiger charge is -2.11. The zero-order chi connectivity index (χ0) is 19.4. The van der Waals surface area contributed by atoms with Gasteiger partial charge in [0.2, 0.25) is 0 Å². The van der Waals surface area contributed by atoms with Crippen molar-refractivity contribution < 1.29 is 14.5 Å². The number of nitrogens with zero attached hydrogens (tertiary/aromatic N) is 3. The molecular weight excluding hydrogens is 348 g/mol. The van der Waals surface area contributed by atoms with Crippen LogP contribution in [0.2, 0.25) is 0 Å². The molecule has 0 aliphatic rings. The summed E-state index contributed by atoms with van der Waals surface area (Å²) in [7, 11) is 0. The molecule has 0 fully saturated rings. The lowest BCUT2D eigenvalue weighted by Crippen LogP contribution is -2.17. The Kier molecular flexibility index (Phi) is 5.16. The Morgan fingerprint density at radius 3 is 2.74 bits per heavy atom. The summed E-state index contributed by atoms with van der Waals surface area (Å²) in [6.07, 6.45) is 1.53. The molecule has 138 valence electrons. The lowest BCUT2D eigenvalue weighted by molar-refractivity contribution is -0.384. The molecule has 0 aliphatic heterocycles. The Morgan fingerprint density at radius 2 is 2.04 bits per heavy atom. The standard InChI is InChI=1S/C19H18N4O4/c1-3-22-17(8-9-20-22)19(24)21-14-10-15(23(25)26)12-16(11-14)27-18-7-5-4-6-13(18)2/h4-12H,3H2,1-2H3,(H,21,24). The van der Waals surface area contributed by atoms with Gasteiger partial charge in [0.05, 0.1) is 16.7 Å². The molecule has 1 N–H and O–H groups in total. The van der Waals surface area contributed by atoms with E-state index >= 15 is 0 Å². The summed E-state index contributed by atoms with van der Waals surface area (Å²) in [5.41, 5.74) is 1.34. The molecule has 3 rings (SSSR count). The number of amides is 1. The fraction of sp³-hybridized carbons (Fsp3) is 0.158. The van der Waals surface area contributed by atoms with Crippen molar-refractivity contribution in [2.24, 2.45) is 0 Å². The minimum Gasteiger partial charge on any atom is -0.457 e. The smallest absolute Gasteiger partial charge is 0.275 e. The van der Waals surface area contributed by atoms with Crippen LogP contribution < -0.4 is 10.1 Å². The Hall–Kier alpha value is -3.68. The number of anilines is 1. The third-order valence-electron chi connectivity index (χ3n) is 3.93. The molecule has 0 aliphatic carbocycles. The second-order valence-electron chi connectivity index (χ2n) is 5.83. The highest BCUT2D eigenvalue weighted by Gasteiger charge is 2.16. The van der Waals surface area contributed by atoms with Crippen LogP contribution in [0.15, 0.2) is 54.7 Å². The summed E-state index contributed by atoms with van der Waals surface area (Å²) in [4.78, 5) is 23.2. The van der Waals surface area contributed by atoms with Crippen molar-refractivity contribution in [1.82, 2.24) is 9.78 Å². The molecule has 27 heavy (non-hydrogen) atoms. The van der Waals surface area contributed by atoms with Gasteiger partial charge in [-0.25, -0.2) is 0 Å². The van der Waals surface area contributed by atoms with E-state index < -0.39 is 10.8 Å². The Labute approximate surface area is 155 Å². The first-order valence-corrected chi connectivity index (χ1v) is 8.34. The molecule has 1 aromatic heterocycles. The molecule has 3 aromatic rings. The van der Waals surface area contributed by atoms with Gasteiger partial charge in [-0.2, -0.15) is 5.10 Å². The number of hydrogen-bond acceptors (Lipinski definition) is 5. The number of nitro benzene ring substituents is 1. The molecule has 2 aromatic carbocycles. The van der Waals surface area contributed by atoms with Crippen LogP contribution in [0, 0.1) is 17.0 Å². The average molecular weight is 366 g/mol. The minimum absolute atomic E-state index is 0.180. The van der Waals surface area contributed by atoms with Crippen molar-refractivity contribution in [3.05, 3.63) is 76.1 Å². The molecule has 1 heterocycles. The summed E-state index contributed by atoms with van der Waals surface area (Å²) in [6, 6.07) is 13.1. The second-order valence-corrected chi connectivity index (χ2v) is 5.83. The van der Waals surface area contributed by atoms with Gasteiger partial charge in [-0.05, 0) is 31.5 Å². The Morgan fingerprint density at radius 1 is 1.26 bits per heavy atom. The number of non-ortho nitro benzene ring substituents is 1. The first-order chi connectivity index (χ1) is 13.0. The highest BCUT2D eigenvalue weighted by atomic mass is 16.6. The Bertz CT molecular complexity index is 997. The number of para-hydroxylation sites is 1. The summed E-state index contributed by atoms with van der Waals surface area (Å²) in [6.45, 7) is 4.28. The molecule has 8 heteroatoms. The van der Waals surface area contributed by atoms with Gasteiger partial charge >= 0.3 is 0 Å². The molecule has 8 nitrogen and oxygen atoms in total. The number of nitro groups is 1. The lowest BCUT2D eigenvalue weighted by atomic mass is 10.2. The van der Waals surface area contributed by atoms with Crippen LogP contribution in [0.5, 0.6) is 11.5 Å². The fourth-order valence-electron chi connectivity index (χ4n) is 2.59. The van der Waals surface area contributed by atoms with Gasteiger partial charge in [-0.3, -0.25) is 19.6 Å². The van der Waals surface area contributed by atoms with Crippen molar-refractivity contribution in [2.45, 2.75) is 20.4 Å². The number of rotatable bonds is 6. The molecule has 0 saturated heterocycles. The fourth-order valence-corrected chi connectivity index (χ4v) is 2.59. The van der Waals surface area contributed by atoms with Crippen molar-refractivity contribution in [2.75, 3.05) is 5.32 Å². The number of aromatic nitrogens is 2. The van der Waals surface area contributed by atoms with E-state index in [0.717, 1.165) is 5.56 Å². The first-order valence-electron chi connectivity index (χ1n) is 8.34. The molecule has 0 spiro atoms. The molecular formula is C19H18N4O4. The van der Waals surface area contributed by atoms with Crippen molar-refractivity contribution in [1.29, 1.82) is 0 Å². The van der Waals surface area contributed by atoms with Crippen LogP contribution >= 0.6 is 0 Å². The molecule has 0 atom stereocenters. The highest BCUT2D eigenvalue weighted by Crippen LogP contribution is 2.31. The Balaban J connectivity index is 1.91. The van der Waals surface area contributed by atoms with Gasteiger partial charge < -0.3 is 10.1 Å². The van der Waals surface area contributed by atoms with E-state index in [1.54, 1.807) is 18.2 Å². The number of carbonyl (C=O) groups excluding carboxylic acids is 1. The maximum atomic E-state index is 12.5. The second kappa shape index (κ2) is 7.69. The number of benzene rings is 2. The summed E-state index contributed by atoms with van der Waals surface area (Å²) in [5, 5.41) is 18.0. The van der Waals surface area contributed by atoms with Gasteiger partial charge in [-0.15, -0.1) is 0 Å². The van der Waals surface area contributed by atoms with Crippen LogP contribution in [-0.2, 0) is 6.54 Å². The van der Waals surface area contributed by atoms with E-state index in [0.29, 0.717) is 18.0 Å². The van der Waals surface area contributed by atoms with Crippen LogP contribution in [0.3, 0.4) is 0 Å². The van der Waals surface area contributed by atoms with Crippen LogP contribution in [0.4, 0.5) is 11.4 Å². The predicted molar refractivity (Wildman–Crippen MR) is 100 cm³/mol. The average Bonchev–Trinajstić information content (AvgIpc) is 3.12. The largest absolute Gasteiger partial charge is 0.457 e. The topological polar surface area (TPSA) is 99.3 Å². The van der Waals surface area contributed by atoms with E-state index in [2.05, 4.69) is 10.4 Å². The first kappa shape index (κ1) is 18.1. The van der Waals surface area contributed by atoms with E-state index in [1.807, 2.05) is 32.0 Å². The van der Waals surface area contributed by atoms with Crippen molar-refractivity contribution in [3.8, 4) is 11.5 Å². The molecule has 0 bridgehead atoms. The summed E-state index contributed by atoms with van der Waals surface area (Å²) >= 11 is 0. The molecule has 1 amide bonds. The minimum atomic E-state index is -0.531. The van der Waals surface area contributed by atoms with Crippen molar-refractivity contribution in [3.63, 3.8) is 0 Å². The zero-order valence-corrected chi connectivity index (χ0v) is 14.9. The summed E-state index contributed by atoms with van der Waals surface area (Å²) in [5.74, 6) is 0.439. The van der Waals surface area contributed by atoms with Gasteiger partial charge in [0.1, 0.15) is 17.2 Å². The van der Waals surface area contributed by atoms with Crippen LogP contribution in [0.1, 0.15) is 23.0 Å². The third-order valence-corrected chi connectivity index (χ3v) is 3.93. The monoisotopic (exact) mass is 366 g/mol. The number of aryl methyl sites for hydroxylation is 2. The van der Waals surface area contributed by atoms with Crippen LogP contribution in [-0.4, -0.2) is 20.6 Å². The van der Waals surface area contributed by atoms with Gasteiger partial charge in [-0.1, -0.05) is 18.2 Å². The zero-order valence-electron chi connectivity index (χ0n) is 14.9. The van der Waals surface area contributed by atoms with Gasteiger partial charge in [0.15, 0.2) is 0 Å². The predicted octanol–water partition coefficient (Wildman–Crippen LogP) is 4.16. The third kappa shape index (κ3) is 4.12. The normalized spacial score (nSPS) is 10.4. The van der Waals surface area contributed by atoms with Gasteiger partial charge in [0.25, 0.3) is 11.6 Å². The quantitative estimate of drug-likeness (QED) is 0.521. The number of nitrogens with one attached hydrogen (secondary N) is 1. The summed E-state index contributed by atoms with van der Waals surface area (Å²) < 4.78 is 7.32. The maximum absolute atomic E-state index is 12.5. The SMILES string of the molecule is CCn1nccc1C(=O)Nc1cc(Oc2ccccc2C)cc([N+](=O)[O-])c1. The number of hydrogen-bond donors (Lipinski definition) is 1. The molecule has 0 saturated carbocycles. The van der Waals surface area contributed by atoms with E-state index in [-0.39, 0.29) is 17.1 Å². The molecule has 0 radical (unpaired) electrons. The maximum Gasteiger partial charge on any atom is 0.275 e. The van der Waals surface area contributed by atoms with E-state index in [1.165, 1.54) is 23.0 Å². The highest BCUT2D eigenvalue weighted by molar-refractivity contribution is 6.03.